The first kappa shape index (κ1) is 5.83. The van der Waals surface area contributed by atoms with Crippen LogP contribution in [0.25, 0.3) is 0 Å². The first-order valence-electron chi connectivity index (χ1n) is 3.05. The van der Waals surface area contributed by atoms with Crippen molar-refractivity contribution >= 4 is 0 Å². The van der Waals surface area contributed by atoms with Gasteiger partial charge in [0.15, 0.2) is 0 Å². The average molecular weight is 112 g/mol. The zero-order valence-corrected chi connectivity index (χ0v) is 5.44. The first-order valence-corrected chi connectivity index (χ1v) is 3.05. The van der Waals surface area contributed by atoms with E-state index in [4.69, 9.17) is 5.11 Å². The summed E-state index contributed by atoms with van der Waals surface area (Å²) in [5, 5.41) is 8.67. The number of hydrogen-bond donors (Lipinski definition) is 1. The van der Waals surface area contributed by atoms with Gasteiger partial charge in [-0.25, -0.2) is 0 Å². The molecule has 0 spiro atoms. The predicted octanol–water partition coefficient (Wildman–Crippen LogP) is 1.33. The van der Waals surface area contributed by atoms with Crippen LogP contribution >= 0.6 is 0 Å². The van der Waals surface area contributed by atoms with Crippen LogP contribution in [0, 0.1) is 5.92 Å². The molecule has 0 fully saturated rings. The molecule has 0 saturated heterocycles. The first-order chi connectivity index (χ1) is 3.75. The monoisotopic (exact) mass is 112 g/mol. The summed E-state index contributed by atoms with van der Waals surface area (Å²) in [6, 6.07) is 0. The van der Waals surface area contributed by atoms with Crippen LogP contribution in [0.4, 0.5) is 0 Å². The largest absolute Gasteiger partial charge is 0.392 e. The summed E-state index contributed by atoms with van der Waals surface area (Å²) in [5.41, 5.74) is 2.64. The van der Waals surface area contributed by atoms with Crippen LogP contribution in [-0.4, -0.2) is 11.7 Å². The van der Waals surface area contributed by atoms with E-state index in [1.807, 2.05) is 0 Å². The van der Waals surface area contributed by atoms with E-state index in [2.05, 4.69) is 13.8 Å². The summed E-state index contributed by atoms with van der Waals surface area (Å²) in [6.07, 6.45) is 1.19. The molecule has 1 aliphatic rings. The van der Waals surface area contributed by atoms with Gasteiger partial charge in [0.25, 0.3) is 0 Å². The molecule has 0 heterocycles. The molecule has 1 unspecified atom stereocenters. The summed E-state index contributed by atoms with van der Waals surface area (Å²) in [7, 11) is 0. The molecule has 0 saturated carbocycles. The second kappa shape index (κ2) is 1.90. The fourth-order valence-corrected chi connectivity index (χ4v) is 1.29. The van der Waals surface area contributed by atoms with E-state index in [1.54, 1.807) is 0 Å². The highest BCUT2D eigenvalue weighted by Crippen LogP contribution is 2.32. The zero-order valence-electron chi connectivity index (χ0n) is 5.44. The van der Waals surface area contributed by atoms with E-state index < -0.39 is 0 Å². The van der Waals surface area contributed by atoms with Crippen molar-refractivity contribution in [1.82, 2.24) is 0 Å². The predicted molar refractivity (Wildman–Crippen MR) is 33.6 cm³/mol. The normalized spacial score (nSPS) is 28.1. The molecule has 0 amide bonds. The van der Waals surface area contributed by atoms with Gasteiger partial charge < -0.3 is 5.11 Å². The smallest absolute Gasteiger partial charge is 0.0647 e. The molecular weight excluding hydrogens is 100 g/mol. The Morgan fingerprint density at radius 2 is 2.38 bits per heavy atom. The summed E-state index contributed by atoms with van der Waals surface area (Å²) < 4.78 is 0. The molecule has 46 valence electrons. The van der Waals surface area contributed by atoms with Crippen molar-refractivity contribution < 1.29 is 5.11 Å². The number of rotatable bonds is 1. The fourth-order valence-electron chi connectivity index (χ4n) is 1.29. The summed E-state index contributed by atoms with van der Waals surface area (Å²) in [6.45, 7) is 4.51. The van der Waals surface area contributed by atoms with Crippen molar-refractivity contribution in [2.45, 2.75) is 20.3 Å². The van der Waals surface area contributed by atoms with Crippen molar-refractivity contribution in [3.8, 4) is 0 Å². The lowest BCUT2D eigenvalue weighted by molar-refractivity contribution is 0.301. The Balaban J connectivity index is 2.60. The van der Waals surface area contributed by atoms with Crippen LogP contribution in [0.2, 0.25) is 0 Å². The maximum Gasteiger partial charge on any atom is 0.0647 e. The molecule has 1 atom stereocenters. The van der Waals surface area contributed by atoms with Gasteiger partial charge >= 0.3 is 0 Å². The fraction of sp³-hybridized carbons (Fsp3) is 0.714. The molecule has 1 rings (SSSR count). The van der Waals surface area contributed by atoms with Crippen LogP contribution < -0.4 is 0 Å². The van der Waals surface area contributed by atoms with E-state index in [9.17, 15) is 0 Å². The van der Waals surface area contributed by atoms with Gasteiger partial charge in [0, 0.05) is 0 Å². The van der Waals surface area contributed by atoms with Crippen LogP contribution in [-0.2, 0) is 0 Å². The number of aliphatic hydroxyl groups is 1. The third-order valence-corrected chi connectivity index (χ3v) is 1.93. The Labute approximate surface area is 50.0 Å². The zero-order chi connectivity index (χ0) is 6.15. The Kier molecular flexibility index (Phi) is 1.39. The summed E-state index contributed by atoms with van der Waals surface area (Å²) in [5.74, 6) is 0.653. The van der Waals surface area contributed by atoms with Gasteiger partial charge in [-0.2, -0.15) is 0 Å². The minimum Gasteiger partial charge on any atom is -0.392 e. The standard InChI is InChI=1S/C7H12O/c1-5-3-6(2)7(5)4-8/h5,8H,3-4H2,1-2H3. The lowest BCUT2D eigenvalue weighted by Gasteiger charge is -2.27. The van der Waals surface area contributed by atoms with Gasteiger partial charge in [0.2, 0.25) is 0 Å². The molecule has 8 heavy (non-hydrogen) atoms. The van der Waals surface area contributed by atoms with Crippen LogP contribution in [0.5, 0.6) is 0 Å². The number of hydrogen-bond acceptors (Lipinski definition) is 1. The van der Waals surface area contributed by atoms with Gasteiger partial charge in [-0.3, -0.25) is 0 Å². The summed E-state index contributed by atoms with van der Waals surface area (Å²) >= 11 is 0. The second-order valence-corrected chi connectivity index (χ2v) is 2.57. The molecule has 0 aromatic rings. The topological polar surface area (TPSA) is 20.2 Å². The van der Waals surface area contributed by atoms with E-state index in [1.165, 1.54) is 17.6 Å². The van der Waals surface area contributed by atoms with Crippen molar-refractivity contribution in [2.24, 2.45) is 5.92 Å². The Bertz CT molecular complexity index is 124. The highest BCUT2D eigenvalue weighted by molar-refractivity contribution is 5.25. The molecule has 0 aliphatic heterocycles. The lowest BCUT2D eigenvalue weighted by Crippen LogP contribution is -2.16. The highest BCUT2D eigenvalue weighted by Gasteiger charge is 2.20. The molecule has 0 aromatic carbocycles. The van der Waals surface area contributed by atoms with Gasteiger partial charge in [-0.15, -0.1) is 0 Å². The Morgan fingerprint density at radius 3 is 2.50 bits per heavy atom. The van der Waals surface area contributed by atoms with Crippen LogP contribution in [0.3, 0.4) is 0 Å². The van der Waals surface area contributed by atoms with E-state index in [-0.39, 0.29) is 6.61 Å². The molecule has 0 aromatic heterocycles. The average Bonchev–Trinajstić information content (AvgIpc) is 1.67. The maximum atomic E-state index is 8.67. The third-order valence-electron chi connectivity index (χ3n) is 1.93. The van der Waals surface area contributed by atoms with Crippen LogP contribution in [0.15, 0.2) is 11.1 Å². The quantitative estimate of drug-likeness (QED) is 0.507. The van der Waals surface area contributed by atoms with Crippen molar-refractivity contribution in [1.29, 1.82) is 0 Å². The highest BCUT2D eigenvalue weighted by atomic mass is 16.3. The van der Waals surface area contributed by atoms with Crippen molar-refractivity contribution in [3.63, 3.8) is 0 Å². The number of aliphatic hydroxyl groups excluding tert-OH is 1. The molecule has 1 aliphatic carbocycles. The van der Waals surface area contributed by atoms with E-state index in [0.29, 0.717) is 5.92 Å². The number of allylic oxidation sites excluding steroid dienone is 1. The van der Waals surface area contributed by atoms with Crippen molar-refractivity contribution in [3.05, 3.63) is 11.1 Å². The lowest BCUT2D eigenvalue weighted by atomic mass is 9.80. The maximum absolute atomic E-state index is 8.67. The molecule has 0 bridgehead atoms. The van der Waals surface area contributed by atoms with Gasteiger partial charge in [-0.1, -0.05) is 12.5 Å². The molecule has 1 heteroatoms. The third kappa shape index (κ3) is 0.671. The molecule has 1 nitrogen and oxygen atoms in total. The van der Waals surface area contributed by atoms with Crippen molar-refractivity contribution in [2.75, 3.05) is 6.61 Å². The van der Waals surface area contributed by atoms with Gasteiger partial charge in [-0.05, 0) is 24.8 Å². The Morgan fingerprint density at radius 1 is 1.75 bits per heavy atom. The van der Waals surface area contributed by atoms with E-state index >= 15 is 0 Å². The Hall–Kier alpha value is -0.300. The SMILES string of the molecule is CC1=C(CO)C(C)C1. The molecule has 0 radical (unpaired) electrons. The molecular formula is C7H12O. The van der Waals surface area contributed by atoms with Gasteiger partial charge in [0.05, 0.1) is 6.61 Å². The minimum absolute atomic E-state index is 0.271. The second-order valence-electron chi connectivity index (χ2n) is 2.57. The van der Waals surface area contributed by atoms with E-state index in [0.717, 1.165) is 0 Å². The minimum atomic E-state index is 0.271. The van der Waals surface area contributed by atoms with Gasteiger partial charge in [0.1, 0.15) is 0 Å². The summed E-state index contributed by atoms with van der Waals surface area (Å²) in [4.78, 5) is 0. The van der Waals surface area contributed by atoms with Crippen LogP contribution in [0.1, 0.15) is 20.3 Å². The molecule has 1 N–H and O–H groups in total.